The van der Waals surface area contributed by atoms with Crippen LogP contribution in [0.2, 0.25) is 0 Å². The van der Waals surface area contributed by atoms with Crippen molar-refractivity contribution in [3.05, 3.63) is 24.2 Å². The molecule has 1 aliphatic rings. The largest absolute Gasteiger partial charge is 0.467 e. The molecule has 0 saturated heterocycles. The van der Waals surface area contributed by atoms with Crippen molar-refractivity contribution in [3.63, 3.8) is 0 Å². The molecule has 120 valence electrons. The quantitative estimate of drug-likeness (QED) is 0.869. The number of hydrogen-bond donors (Lipinski definition) is 2. The first kappa shape index (κ1) is 16.4. The molecule has 2 N–H and O–H groups in total. The summed E-state index contributed by atoms with van der Waals surface area (Å²) in [6, 6.07) is 3.56. The van der Waals surface area contributed by atoms with Crippen molar-refractivity contribution in [2.24, 2.45) is 5.92 Å². The highest BCUT2D eigenvalue weighted by Gasteiger charge is 2.41. The van der Waals surface area contributed by atoms with Crippen molar-refractivity contribution in [2.45, 2.75) is 63.4 Å². The van der Waals surface area contributed by atoms with E-state index in [0.29, 0.717) is 25.0 Å². The first-order chi connectivity index (χ1) is 9.86. The summed E-state index contributed by atoms with van der Waals surface area (Å²) in [5, 5.41) is 13.3. The third-order valence-electron chi connectivity index (χ3n) is 4.16. The minimum absolute atomic E-state index is 0.0255. The van der Waals surface area contributed by atoms with E-state index >= 15 is 0 Å². The van der Waals surface area contributed by atoms with Crippen LogP contribution in [0.3, 0.4) is 0 Å². The number of aliphatic hydroxyl groups is 1. The van der Waals surface area contributed by atoms with Gasteiger partial charge in [-0.25, -0.2) is 0 Å². The standard InChI is InChI=1S/C15H22F3NO2/c1-10(9-13(20)14-3-2-8-21-14)19-12-6-4-11(5-7-12)15(16,17)18/h2-3,8,10-13,19-20H,4-7,9H2,1H3. The molecule has 0 radical (unpaired) electrons. The minimum atomic E-state index is -4.06. The van der Waals surface area contributed by atoms with Crippen molar-refractivity contribution in [1.82, 2.24) is 5.32 Å². The van der Waals surface area contributed by atoms with Crippen LogP contribution in [0.5, 0.6) is 0 Å². The number of hydrogen-bond acceptors (Lipinski definition) is 3. The van der Waals surface area contributed by atoms with Crippen molar-refractivity contribution < 1.29 is 22.7 Å². The maximum Gasteiger partial charge on any atom is 0.391 e. The molecule has 0 aromatic carbocycles. The van der Waals surface area contributed by atoms with E-state index < -0.39 is 18.2 Å². The van der Waals surface area contributed by atoms with Gasteiger partial charge in [0, 0.05) is 12.1 Å². The summed E-state index contributed by atoms with van der Waals surface area (Å²) in [7, 11) is 0. The van der Waals surface area contributed by atoms with Crippen LogP contribution in [-0.2, 0) is 0 Å². The molecule has 0 amide bonds. The molecule has 6 heteroatoms. The lowest BCUT2D eigenvalue weighted by Crippen LogP contribution is -2.41. The van der Waals surface area contributed by atoms with Crippen LogP contribution in [0, 0.1) is 5.92 Å². The number of alkyl halides is 3. The molecular formula is C15H22F3NO2. The van der Waals surface area contributed by atoms with Gasteiger partial charge < -0.3 is 14.8 Å². The molecule has 21 heavy (non-hydrogen) atoms. The second kappa shape index (κ2) is 6.83. The molecular weight excluding hydrogens is 283 g/mol. The van der Waals surface area contributed by atoms with Gasteiger partial charge in [0.05, 0.1) is 12.2 Å². The van der Waals surface area contributed by atoms with Crippen molar-refractivity contribution in [3.8, 4) is 0 Å². The van der Waals surface area contributed by atoms with E-state index in [1.54, 1.807) is 12.1 Å². The molecule has 2 rings (SSSR count). The molecule has 1 aromatic rings. The second-order valence-electron chi connectivity index (χ2n) is 5.92. The molecule has 1 aliphatic carbocycles. The number of aliphatic hydroxyl groups excluding tert-OH is 1. The Bertz CT molecular complexity index is 411. The van der Waals surface area contributed by atoms with Gasteiger partial charge in [-0.2, -0.15) is 13.2 Å². The van der Waals surface area contributed by atoms with Gasteiger partial charge in [0.15, 0.2) is 0 Å². The van der Waals surface area contributed by atoms with Crippen LogP contribution in [-0.4, -0.2) is 23.4 Å². The number of nitrogens with one attached hydrogen (secondary N) is 1. The Balaban J connectivity index is 1.73. The Hall–Kier alpha value is -1.01. The fraction of sp³-hybridized carbons (Fsp3) is 0.733. The third-order valence-corrected chi connectivity index (χ3v) is 4.16. The van der Waals surface area contributed by atoms with Gasteiger partial charge in [-0.3, -0.25) is 0 Å². The molecule has 3 nitrogen and oxygen atoms in total. The Morgan fingerprint density at radius 1 is 1.33 bits per heavy atom. The van der Waals surface area contributed by atoms with Gasteiger partial charge in [0.2, 0.25) is 0 Å². The molecule has 0 bridgehead atoms. The molecule has 2 unspecified atom stereocenters. The summed E-state index contributed by atoms with van der Waals surface area (Å²) >= 11 is 0. The van der Waals surface area contributed by atoms with Gasteiger partial charge in [-0.1, -0.05) is 0 Å². The Labute approximate surface area is 122 Å². The van der Waals surface area contributed by atoms with Crippen LogP contribution in [0.1, 0.15) is 50.9 Å². The topological polar surface area (TPSA) is 45.4 Å². The highest BCUT2D eigenvalue weighted by atomic mass is 19.4. The van der Waals surface area contributed by atoms with Gasteiger partial charge in [0.1, 0.15) is 11.9 Å². The highest BCUT2D eigenvalue weighted by Crippen LogP contribution is 2.37. The lowest BCUT2D eigenvalue weighted by Gasteiger charge is -2.32. The summed E-state index contributed by atoms with van der Waals surface area (Å²) in [6.07, 6.45) is -1.32. The molecule has 1 saturated carbocycles. The lowest BCUT2D eigenvalue weighted by atomic mass is 9.85. The molecule has 0 aliphatic heterocycles. The van der Waals surface area contributed by atoms with Gasteiger partial charge in [-0.05, 0) is 51.2 Å². The summed E-state index contributed by atoms with van der Waals surface area (Å²) in [4.78, 5) is 0. The SMILES string of the molecule is CC(CC(O)c1ccco1)NC1CCC(C(F)(F)F)CC1. The van der Waals surface area contributed by atoms with E-state index in [0.717, 1.165) is 0 Å². The van der Waals surface area contributed by atoms with E-state index in [1.165, 1.54) is 6.26 Å². The molecule has 0 spiro atoms. The Morgan fingerprint density at radius 2 is 2.00 bits per heavy atom. The maximum absolute atomic E-state index is 12.6. The minimum Gasteiger partial charge on any atom is -0.467 e. The van der Waals surface area contributed by atoms with E-state index in [9.17, 15) is 18.3 Å². The monoisotopic (exact) mass is 305 g/mol. The average Bonchev–Trinajstić information content (AvgIpc) is 2.92. The van der Waals surface area contributed by atoms with Gasteiger partial charge >= 0.3 is 6.18 Å². The zero-order chi connectivity index (χ0) is 15.5. The Morgan fingerprint density at radius 3 is 2.52 bits per heavy atom. The maximum atomic E-state index is 12.6. The van der Waals surface area contributed by atoms with Crippen LogP contribution < -0.4 is 5.32 Å². The van der Waals surface area contributed by atoms with Crippen molar-refractivity contribution in [1.29, 1.82) is 0 Å². The van der Waals surface area contributed by atoms with Crippen LogP contribution in [0.25, 0.3) is 0 Å². The van der Waals surface area contributed by atoms with E-state index in [-0.39, 0.29) is 24.9 Å². The predicted molar refractivity (Wildman–Crippen MR) is 72.7 cm³/mol. The lowest BCUT2D eigenvalue weighted by molar-refractivity contribution is -0.182. The first-order valence-electron chi connectivity index (χ1n) is 7.40. The third kappa shape index (κ3) is 4.74. The van der Waals surface area contributed by atoms with Gasteiger partial charge in [0.25, 0.3) is 0 Å². The number of halogens is 3. The molecule has 1 aromatic heterocycles. The first-order valence-corrected chi connectivity index (χ1v) is 7.40. The highest BCUT2D eigenvalue weighted by molar-refractivity contribution is 5.02. The summed E-state index contributed by atoms with van der Waals surface area (Å²) in [5.74, 6) is -0.635. The van der Waals surface area contributed by atoms with E-state index in [1.807, 2.05) is 6.92 Å². The predicted octanol–water partition coefficient (Wildman–Crippen LogP) is 3.80. The van der Waals surface area contributed by atoms with Gasteiger partial charge in [-0.15, -0.1) is 0 Å². The van der Waals surface area contributed by atoms with E-state index in [4.69, 9.17) is 4.42 Å². The molecule has 2 atom stereocenters. The van der Waals surface area contributed by atoms with Crippen LogP contribution in [0.15, 0.2) is 22.8 Å². The fourth-order valence-corrected chi connectivity index (χ4v) is 2.99. The van der Waals surface area contributed by atoms with Crippen LogP contribution in [0.4, 0.5) is 13.2 Å². The zero-order valence-corrected chi connectivity index (χ0v) is 12.1. The molecule has 1 fully saturated rings. The van der Waals surface area contributed by atoms with Crippen LogP contribution >= 0.6 is 0 Å². The summed E-state index contributed by atoms with van der Waals surface area (Å²) in [5.41, 5.74) is 0. The molecule has 1 heterocycles. The number of rotatable bonds is 5. The summed E-state index contributed by atoms with van der Waals surface area (Å²) < 4.78 is 42.9. The Kier molecular flexibility index (Phi) is 5.32. The van der Waals surface area contributed by atoms with Crippen molar-refractivity contribution in [2.75, 3.05) is 0 Å². The normalized spacial score (nSPS) is 26.5. The van der Waals surface area contributed by atoms with Crippen molar-refractivity contribution >= 4 is 0 Å². The number of furan rings is 1. The van der Waals surface area contributed by atoms with E-state index in [2.05, 4.69) is 5.32 Å². The summed E-state index contributed by atoms with van der Waals surface area (Å²) in [6.45, 7) is 1.93. The average molecular weight is 305 g/mol. The zero-order valence-electron chi connectivity index (χ0n) is 12.1. The second-order valence-corrected chi connectivity index (χ2v) is 5.92. The smallest absolute Gasteiger partial charge is 0.391 e. The fourth-order valence-electron chi connectivity index (χ4n) is 2.99.